The topological polar surface area (TPSA) is 117 Å². The summed E-state index contributed by atoms with van der Waals surface area (Å²) in [5.74, 6) is -1.34. The lowest BCUT2D eigenvalue weighted by molar-refractivity contribution is -0.136. The number of rotatable bonds is 6. The normalized spacial score (nSPS) is 18.6. The van der Waals surface area contributed by atoms with E-state index in [-0.39, 0.29) is 35.2 Å². The van der Waals surface area contributed by atoms with Crippen molar-refractivity contribution in [1.29, 1.82) is 0 Å². The van der Waals surface area contributed by atoms with Gasteiger partial charge < -0.3 is 25.3 Å². The number of benzene rings is 2. The third-order valence-electron chi connectivity index (χ3n) is 6.45. The van der Waals surface area contributed by atoms with Crippen LogP contribution in [0, 0.1) is 19.3 Å². The van der Waals surface area contributed by atoms with E-state index < -0.39 is 11.9 Å². The first-order valence-corrected chi connectivity index (χ1v) is 12.1. The van der Waals surface area contributed by atoms with Crippen LogP contribution in [-0.2, 0) is 23.9 Å². The van der Waals surface area contributed by atoms with Crippen LogP contribution in [0.2, 0.25) is 0 Å². The predicted molar refractivity (Wildman–Crippen MR) is 139 cm³/mol. The fourth-order valence-corrected chi connectivity index (χ4v) is 5.04. The van der Waals surface area contributed by atoms with E-state index >= 15 is 0 Å². The molecule has 0 aromatic heterocycles. The average Bonchev–Trinajstić information content (AvgIpc) is 2.80. The number of hydrogen-bond acceptors (Lipinski definition) is 7. The van der Waals surface area contributed by atoms with Gasteiger partial charge in [0.25, 0.3) is 5.91 Å². The predicted octanol–water partition coefficient (Wildman–Crippen LogP) is 4.42. The number of ether oxygens (including phenoxy) is 3. The monoisotopic (exact) mass is 504 g/mol. The van der Waals surface area contributed by atoms with Gasteiger partial charge in [-0.2, -0.15) is 0 Å². The molecule has 0 fully saturated rings. The van der Waals surface area contributed by atoms with Crippen molar-refractivity contribution >= 4 is 23.3 Å². The number of Topliss-reactive ketones (excluding diaryl/α,β-unsaturated/α-hetero) is 1. The molecule has 8 heteroatoms. The number of allylic oxidation sites excluding steroid dienone is 2. The molecule has 2 aromatic rings. The minimum Gasteiger partial charge on any atom is -0.483 e. The van der Waals surface area contributed by atoms with Crippen molar-refractivity contribution in [2.45, 2.75) is 46.5 Å². The summed E-state index contributed by atoms with van der Waals surface area (Å²) in [6.07, 6.45) is 0.780. The summed E-state index contributed by atoms with van der Waals surface area (Å²) in [6.45, 7) is 7.60. The van der Waals surface area contributed by atoms with Gasteiger partial charge in [-0.25, -0.2) is 4.79 Å². The summed E-state index contributed by atoms with van der Waals surface area (Å²) in [6, 6.07) is 12.7. The molecule has 194 valence electrons. The first-order valence-electron chi connectivity index (χ1n) is 12.1. The number of nitrogens with two attached hydrogens (primary N) is 1. The van der Waals surface area contributed by atoms with Crippen molar-refractivity contribution < 1.29 is 28.6 Å². The quantitative estimate of drug-likeness (QED) is 0.559. The second kappa shape index (κ2) is 10.1. The molecule has 0 saturated heterocycles. The average molecular weight is 505 g/mol. The molecule has 8 nitrogen and oxygen atoms in total. The van der Waals surface area contributed by atoms with E-state index in [1.807, 2.05) is 45.9 Å². The van der Waals surface area contributed by atoms with Crippen LogP contribution < -0.4 is 15.8 Å². The standard InChI is InChI=1S/C29H32N2O6/c1-16-10-17(2)12-18(11-16)31-23(33)15-36-21-9-7-6-8-19(21)24-25-20(32)13-29(3,4)14-22(25)37-27(30)26(24)28(34)35-5/h6-12,24H,13-15,30H2,1-5H3,(H,31,33). The van der Waals surface area contributed by atoms with Crippen molar-refractivity contribution in [1.82, 2.24) is 0 Å². The summed E-state index contributed by atoms with van der Waals surface area (Å²) in [5.41, 5.74) is 9.56. The first kappa shape index (κ1) is 26.0. The van der Waals surface area contributed by atoms with Crippen molar-refractivity contribution in [2.75, 3.05) is 19.0 Å². The molecule has 0 spiro atoms. The number of amides is 1. The van der Waals surface area contributed by atoms with Crippen LogP contribution in [0.25, 0.3) is 0 Å². The van der Waals surface area contributed by atoms with Gasteiger partial charge in [0.2, 0.25) is 5.88 Å². The zero-order valence-corrected chi connectivity index (χ0v) is 21.8. The van der Waals surface area contributed by atoms with Crippen LogP contribution in [-0.4, -0.2) is 31.4 Å². The molecule has 2 aliphatic rings. The zero-order valence-electron chi connectivity index (χ0n) is 21.8. The summed E-state index contributed by atoms with van der Waals surface area (Å²) in [5, 5.41) is 2.85. The highest BCUT2D eigenvalue weighted by atomic mass is 16.5. The third-order valence-corrected chi connectivity index (χ3v) is 6.45. The van der Waals surface area contributed by atoms with Crippen LogP contribution in [0.3, 0.4) is 0 Å². The maximum atomic E-state index is 13.4. The minimum absolute atomic E-state index is 0.0324. The van der Waals surface area contributed by atoms with Crippen LogP contribution in [0.1, 0.15) is 49.3 Å². The summed E-state index contributed by atoms with van der Waals surface area (Å²) in [7, 11) is 1.25. The molecule has 4 rings (SSSR count). The highest BCUT2D eigenvalue weighted by Gasteiger charge is 2.45. The highest BCUT2D eigenvalue weighted by molar-refractivity contribution is 6.03. The second-order valence-electron chi connectivity index (χ2n) is 10.3. The Labute approximate surface area is 216 Å². The minimum atomic E-state index is -0.849. The molecule has 0 bridgehead atoms. The van der Waals surface area contributed by atoms with Crippen LogP contribution >= 0.6 is 0 Å². The summed E-state index contributed by atoms with van der Waals surface area (Å²) < 4.78 is 16.7. The molecular formula is C29H32N2O6. The molecule has 1 unspecified atom stereocenters. The van der Waals surface area contributed by atoms with E-state index in [0.717, 1.165) is 11.1 Å². The number of esters is 1. The molecule has 37 heavy (non-hydrogen) atoms. The van der Waals surface area contributed by atoms with E-state index in [4.69, 9.17) is 19.9 Å². The number of ketones is 1. The molecule has 0 radical (unpaired) electrons. The molecule has 1 heterocycles. The Kier molecular flexibility index (Phi) is 7.12. The summed E-state index contributed by atoms with van der Waals surface area (Å²) in [4.78, 5) is 38.9. The van der Waals surface area contributed by atoms with Gasteiger partial charge in [-0.3, -0.25) is 9.59 Å². The van der Waals surface area contributed by atoms with Crippen LogP contribution in [0.15, 0.2) is 65.3 Å². The molecule has 1 aliphatic heterocycles. The molecular weight excluding hydrogens is 472 g/mol. The van der Waals surface area contributed by atoms with Crippen molar-refractivity contribution in [3.8, 4) is 5.75 Å². The molecule has 0 saturated carbocycles. The van der Waals surface area contributed by atoms with E-state index in [1.165, 1.54) is 7.11 Å². The fourth-order valence-electron chi connectivity index (χ4n) is 5.04. The number of aryl methyl sites for hydroxylation is 2. The molecule has 1 aliphatic carbocycles. The maximum absolute atomic E-state index is 13.4. The van der Waals surface area contributed by atoms with Crippen LogP contribution in [0.4, 0.5) is 5.69 Å². The van der Waals surface area contributed by atoms with E-state index in [1.54, 1.807) is 24.3 Å². The number of methoxy groups -OCH3 is 1. The Morgan fingerprint density at radius 3 is 2.46 bits per heavy atom. The van der Waals surface area contributed by atoms with Gasteiger partial charge in [-0.15, -0.1) is 0 Å². The van der Waals surface area contributed by atoms with Crippen molar-refractivity contribution in [3.05, 3.63) is 81.9 Å². The van der Waals surface area contributed by atoms with Gasteiger partial charge in [-0.1, -0.05) is 38.1 Å². The van der Waals surface area contributed by atoms with Crippen molar-refractivity contribution in [2.24, 2.45) is 11.1 Å². The van der Waals surface area contributed by atoms with Gasteiger partial charge in [0.05, 0.1) is 13.0 Å². The third kappa shape index (κ3) is 5.53. The fraction of sp³-hybridized carbons (Fsp3) is 0.345. The number of nitrogens with one attached hydrogen (secondary N) is 1. The van der Waals surface area contributed by atoms with Gasteiger partial charge in [0, 0.05) is 29.7 Å². The van der Waals surface area contributed by atoms with E-state index in [2.05, 4.69) is 5.32 Å². The Balaban J connectivity index is 1.68. The summed E-state index contributed by atoms with van der Waals surface area (Å²) >= 11 is 0. The van der Waals surface area contributed by atoms with Gasteiger partial charge >= 0.3 is 5.97 Å². The van der Waals surface area contributed by atoms with Gasteiger partial charge in [0.1, 0.15) is 17.1 Å². The number of carbonyl (C=O) groups is 3. The number of hydrogen-bond donors (Lipinski definition) is 2. The number of para-hydroxylation sites is 1. The Morgan fingerprint density at radius 2 is 1.78 bits per heavy atom. The van der Waals surface area contributed by atoms with Crippen LogP contribution in [0.5, 0.6) is 5.75 Å². The lowest BCUT2D eigenvalue weighted by atomic mass is 9.70. The maximum Gasteiger partial charge on any atom is 0.340 e. The Hall–Kier alpha value is -4.07. The smallest absolute Gasteiger partial charge is 0.340 e. The van der Waals surface area contributed by atoms with E-state index in [9.17, 15) is 14.4 Å². The zero-order chi connectivity index (χ0) is 26.9. The highest BCUT2D eigenvalue weighted by Crippen LogP contribution is 2.49. The largest absolute Gasteiger partial charge is 0.483 e. The lowest BCUT2D eigenvalue weighted by Crippen LogP contribution is -2.35. The molecule has 1 amide bonds. The Bertz CT molecular complexity index is 1320. The molecule has 3 N–H and O–H groups in total. The number of carbonyl (C=O) groups excluding carboxylic acids is 3. The van der Waals surface area contributed by atoms with E-state index in [0.29, 0.717) is 41.2 Å². The van der Waals surface area contributed by atoms with Crippen molar-refractivity contribution in [3.63, 3.8) is 0 Å². The van der Waals surface area contributed by atoms with Gasteiger partial charge in [0.15, 0.2) is 12.4 Å². The van der Waals surface area contributed by atoms with Gasteiger partial charge in [-0.05, 0) is 48.6 Å². The SMILES string of the molecule is COC(=O)C1=C(N)OC2=C(C(=O)CC(C)(C)C2)C1c1ccccc1OCC(=O)Nc1cc(C)cc(C)c1. The second-order valence-corrected chi connectivity index (χ2v) is 10.3. The molecule has 1 atom stereocenters. The number of anilines is 1. The molecule has 2 aromatic carbocycles. The Morgan fingerprint density at radius 1 is 1.11 bits per heavy atom. The first-order chi connectivity index (χ1) is 17.5. The lowest BCUT2D eigenvalue weighted by Gasteiger charge is -2.38.